The molecule has 2 heterocycles. The van der Waals surface area contributed by atoms with Crippen LogP contribution in [-0.2, 0) is 16.6 Å². The zero-order chi connectivity index (χ0) is 13.2. The predicted molar refractivity (Wildman–Crippen MR) is 74.7 cm³/mol. The Bertz CT molecular complexity index is 630. The molecule has 0 fully saturated rings. The van der Waals surface area contributed by atoms with Crippen molar-refractivity contribution in [2.45, 2.75) is 18.4 Å². The van der Waals surface area contributed by atoms with E-state index in [1.54, 1.807) is 23.9 Å². The van der Waals surface area contributed by atoms with Crippen LogP contribution in [0.15, 0.2) is 21.7 Å². The number of nitrogens with one attached hydrogen (secondary N) is 2. The van der Waals surface area contributed by atoms with E-state index in [4.69, 9.17) is 0 Å². The monoisotopic (exact) mass is 303 g/mol. The van der Waals surface area contributed by atoms with Crippen molar-refractivity contribution in [1.29, 1.82) is 0 Å². The lowest BCUT2D eigenvalue weighted by Crippen LogP contribution is -2.15. The molecule has 2 N–H and O–H groups in total. The van der Waals surface area contributed by atoms with Crippen LogP contribution in [0.3, 0.4) is 0 Å². The lowest BCUT2D eigenvalue weighted by molar-refractivity contribution is 0.600. The average Bonchev–Trinajstić information content (AvgIpc) is 2.88. The fraction of sp³-hybridized carbons (Fsp3) is 0.300. The van der Waals surface area contributed by atoms with Crippen LogP contribution < -0.4 is 10.0 Å². The second kappa shape index (κ2) is 5.35. The van der Waals surface area contributed by atoms with Crippen molar-refractivity contribution < 1.29 is 8.42 Å². The maximum absolute atomic E-state index is 12.2. The molecule has 2 aromatic heterocycles. The highest BCUT2D eigenvalue weighted by Gasteiger charge is 2.20. The third kappa shape index (κ3) is 2.89. The second-order valence-corrected chi connectivity index (χ2v) is 7.15. The van der Waals surface area contributed by atoms with Gasteiger partial charge in [0.15, 0.2) is 5.13 Å². The van der Waals surface area contributed by atoms with Gasteiger partial charge < -0.3 is 5.32 Å². The van der Waals surface area contributed by atoms with E-state index in [1.165, 1.54) is 22.7 Å². The van der Waals surface area contributed by atoms with Crippen molar-refractivity contribution in [3.63, 3.8) is 0 Å². The molecule has 0 radical (unpaired) electrons. The number of hydrogen-bond donors (Lipinski definition) is 2. The fourth-order valence-electron chi connectivity index (χ4n) is 1.43. The summed E-state index contributed by atoms with van der Waals surface area (Å²) in [6, 6.07) is 1.61. The molecule has 5 nitrogen and oxygen atoms in total. The molecular formula is C10H13N3O2S3. The summed E-state index contributed by atoms with van der Waals surface area (Å²) in [7, 11) is -1.76. The molecule has 0 bridgehead atoms. The van der Waals surface area contributed by atoms with Gasteiger partial charge in [0.2, 0.25) is 0 Å². The smallest absolute Gasteiger partial charge is 0.264 e. The molecule has 0 amide bonds. The van der Waals surface area contributed by atoms with Crippen LogP contribution in [0.4, 0.5) is 5.13 Å². The van der Waals surface area contributed by atoms with Crippen LogP contribution in [-0.4, -0.2) is 20.4 Å². The molecule has 98 valence electrons. The molecule has 0 aliphatic carbocycles. The molecule has 0 saturated heterocycles. The Morgan fingerprint density at radius 3 is 2.78 bits per heavy atom. The largest absolute Gasteiger partial charge is 0.315 e. The highest BCUT2D eigenvalue weighted by molar-refractivity contribution is 7.93. The van der Waals surface area contributed by atoms with Crippen LogP contribution in [0.25, 0.3) is 0 Å². The summed E-state index contributed by atoms with van der Waals surface area (Å²) in [5.74, 6) is 0. The maximum Gasteiger partial charge on any atom is 0.264 e. The minimum absolute atomic E-state index is 0.315. The van der Waals surface area contributed by atoms with E-state index in [0.29, 0.717) is 16.6 Å². The summed E-state index contributed by atoms with van der Waals surface area (Å²) in [4.78, 5) is 5.20. The van der Waals surface area contributed by atoms with E-state index in [2.05, 4.69) is 15.0 Å². The van der Waals surface area contributed by atoms with E-state index in [1.807, 2.05) is 6.92 Å². The summed E-state index contributed by atoms with van der Waals surface area (Å²) in [6.45, 7) is 2.36. The van der Waals surface area contributed by atoms with Crippen LogP contribution in [0.5, 0.6) is 0 Å². The number of thiazole rings is 1. The van der Waals surface area contributed by atoms with E-state index in [-0.39, 0.29) is 0 Å². The molecular weight excluding hydrogens is 290 g/mol. The first kappa shape index (κ1) is 13.5. The van der Waals surface area contributed by atoms with Gasteiger partial charge in [-0.05, 0) is 25.4 Å². The van der Waals surface area contributed by atoms with Crippen molar-refractivity contribution in [3.8, 4) is 0 Å². The quantitative estimate of drug-likeness (QED) is 0.886. The van der Waals surface area contributed by atoms with Crippen molar-refractivity contribution in [2.75, 3.05) is 11.8 Å². The molecule has 0 saturated carbocycles. The normalized spacial score (nSPS) is 11.7. The highest BCUT2D eigenvalue weighted by atomic mass is 32.2. The summed E-state index contributed by atoms with van der Waals surface area (Å²) < 4.78 is 26.9. The first-order valence-corrected chi connectivity index (χ1v) is 8.43. The topological polar surface area (TPSA) is 71.1 Å². The summed E-state index contributed by atoms with van der Waals surface area (Å²) >= 11 is 2.70. The predicted octanol–water partition coefficient (Wildman–Crippen LogP) is 2.03. The van der Waals surface area contributed by atoms with Crippen molar-refractivity contribution in [2.24, 2.45) is 0 Å². The van der Waals surface area contributed by atoms with Gasteiger partial charge in [-0.3, -0.25) is 4.72 Å². The van der Waals surface area contributed by atoms with Gasteiger partial charge in [0, 0.05) is 16.8 Å². The Hall–Kier alpha value is -0.960. The number of thiophene rings is 1. The first-order valence-electron chi connectivity index (χ1n) is 5.19. The number of rotatable bonds is 5. The third-order valence-electron chi connectivity index (χ3n) is 2.17. The Morgan fingerprint density at radius 1 is 1.39 bits per heavy atom. The Balaban J connectivity index is 2.27. The molecule has 0 aromatic carbocycles. The second-order valence-electron chi connectivity index (χ2n) is 3.64. The molecule has 8 heteroatoms. The fourth-order valence-corrected chi connectivity index (χ4v) is 4.83. The third-order valence-corrected chi connectivity index (χ3v) is 5.65. The molecule has 0 unspecified atom stereocenters. The number of aryl methyl sites for hydroxylation is 1. The lowest BCUT2D eigenvalue weighted by atomic mass is 10.5. The zero-order valence-electron chi connectivity index (χ0n) is 9.93. The van der Waals surface area contributed by atoms with Gasteiger partial charge in [0.25, 0.3) is 10.0 Å². The van der Waals surface area contributed by atoms with Gasteiger partial charge in [0.05, 0.1) is 5.69 Å². The van der Waals surface area contributed by atoms with E-state index >= 15 is 0 Å². The van der Waals surface area contributed by atoms with Gasteiger partial charge in [-0.2, -0.15) is 0 Å². The number of nitrogens with zero attached hydrogens (tertiary/aromatic N) is 1. The van der Waals surface area contributed by atoms with E-state index in [0.717, 1.165) is 10.6 Å². The minimum Gasteiger partial charge on any atom is -0.315 e. The van der Waals surface area contributed by atoms with Gasteiger partial charge in [-0.1, -0.05) is 0 Å². The van der Waals surface area contributed by atoms with Crippen LogP contribution >= 0.6 is 22.7 Å². The standard InChI is InChI=1S/C10H13N3O2S3/c1-7-6-17-10(12-7)13-18(14,15)9-3-4-16-8(9)5-11-2/h3-4,6,11H,5H2,1-2H3,(H,12,13). The summed E-state index contributed by atoms with van der Waals surface area (Å²) in [5, 5.41) is 6.93. The molecule has 0 atom stereocenters. The first-order chi connectivity index (χ1) is 8.53. The van der Waals surface area contributed by atoms with Crippen LogP contribution in [0, 0.1) is 6.92 Å². The summed E-state index contributed by atoms with van der Waals surface area (Å²) in [5.41, 5.74) is 0.804. The molecule has 0 aliphatic heterocycles. The van der Waals surface area contributed by atoms with E-state index in [9.17, 15) is 8.42 Å². The highest BCUT2D eigenvalue weighted by Crippen LogP contribution is 2.25. The van der Waals surface area contributed by atoms with Crippen molar-refractivity contribution in [3.05, 3.63) is 27.4 Å². The lowest BCUT2D eigenvalue weighted by Gasteiger charge is -2.05. The van der Waals surface area contributed by atoms with Crippen molar-refractivity contribution in [1.82, 2.24) is 10.3 Å². The van der Waals surface area contributed by atoms with Crippen molar-refractivity contribution >= 4 is 37.8 Å². The van der Waals surface area contributed by atoms with Gasteiger partial charge in [0.1, 0.15) is 4.90 Å². The number of anilines is 1. The molecule has 0 aliphatic rings. The number of hydrogen-bond acceptors (Lipinski definition) is 6. The zero-order valence-corrected chi connectivity index (χ0v) is 12.4. The minimum atomic E-state index is -3.54. The number of sulfonamides is 1. The summed E-state index contributed by atoms with van der Waals surface area (Å²) in [6.07, 6.45) is 0. The number of aromatic nitrogens is 1. The Morgan fingerprint density at radius 2 is 2.17 bits per heavy atom. The Kier molecular flexibility index (Phi) is 4.00. The Labute approximate surface area is 114 Å². The van der Waals surface area contributed by atoms with Gasteiger partial charge in [-0.25, -0.2) is 13.4 Å². The SMILES string of the molecule is CNCc1sccc1S(=O)(=O)Nc1nc(C)cs1. The molecule has 2 aromatic rings. The van der Waals surface area contributed by atoms with Gasteiger partial charge in [-0.15, -0.1) is 22.7 Å². The van der Waals surface area contributed by atoms with Crippen LogP contribution in [0.1, 0.15) is 10.6 Å². The molecule has 18 heavy (non-hydrogen) atoms. The maximum atomic E-state index is 12.2. The van der Waals surface area contributed by atoms with E-state index < -0.39 is 10.0 Å². The average molecular weight is 303 g/mol. The molecule has 0 spiro atoms. The van der Waals surface area contributed by atoms with Gasteiger partial charge >= 0.3 is 0 Å². The molecule has 2 rings (SSSR count). The van der Waals surface area contributed by atoms with Crippen LogP contribution in [0.2, 0.25) is 0 Å².